The Balaban J connectivity index is 1.72. The minimum atomic E-state index is -4.52. The lowest BCUT2D eigenvalue weighted by molar-refractivity contribution is -0.272. The molecule has 0 radical (unpaired) electrons. The zero-order chi connectivity index (χ0) is 14.8. The second-order valence-corrected chi connectivity index (χ2v) is 6.39. The van der Waals surface area contributed by atoms with E-state index in [4.69, 9.17) is 0 Å². The Morgan fingerprint density at radius 2 is 2.05 bits per heavy atom. The fraction of sp³-hybridized carbons (Fsp3) is 0.769. The minimum Gasteiger partial charge on any atom is -0.380 e. The molecule has 0 saturated carbocycles. The molecule has 1 aliphatic heterocycles. The Morgan fingerprint density at radius 3 is 2.55 bits per heavy atom. The van der Waals surface area contributed by atoms with Gasteiger partial charge in [0.1, 0.15) is 0 Å². The van der Waals surface area contributed by atoms with Crippen LogP contribution in [0.5, 0.6) is 0 Å². The third kappa shape index (κ3) is 3.71. The lowest BCUT2D eigenvalue weighted by atomic mass is 9.90. The maximum Gasteiger partial charge on any atom is 0.417 e. The van der Waals surface area contributed by atoms with Crippen LogP contribution in [0, 0.1) is 6.92 Å². The molecule has 1 aromatic heterocycles. The summed E-state index contributed by atoms with van der Waals surface area (Å²) in [5.74, 6) is 0. The molecule has 114 valence electrons. The number of alkyl halides is 3. The third-order valence-electron chi connectivity index (χ3n) is 3.78. The van der Waals surface area contributed by atoms with Crippen molar-refractivity contribution < 1.29 is 18.3 Å². The van der Waals surface area contributed by atoms with Crippen molar-refractivity contribution >= 4 is 11.3 Å². The Labute approximate surface area is 120 Å². The number of likely N-dealkylation sites (tertiary alicyclic amines) is 1. The number of hydrogen-bond donors (Lipinski definition) is 1. The molecule has 20 heavy (non-hydrogen) atoms. The highest BCUT2D eigenvalue weighted by Crippen LogP contribution is 2.38. The van der Waals surface area contributed by atoms with Crippen molar-refractivity contribution in [3.8, 4) is 0 Å². The number of rotatable bonds is 4. The fourth-order valence-corrected chi connectivity index (χ4v) is 3.08. The molecule has 1 aliphatic rings. The van der Waals surface area contributed by atoms with E-state index in [1.165, 1.54) is 0 Å². The number of hydrogen-bond acceptors (Lipinski definition) is 4. The number of halogens is 3. The van der Waals surface area contributed by atoms with E-state index in [-0.39, 0.29) is 12.8 Å². The van der Waals surface area contributed by atoms with Gasteiger partial charge in [-0.15, -0.1) is 11.3 Å². The van der Waals surface area contributed by atoms with E-state index in [0.29, 0.717) is 13.1 Å². The normalized spacial score (nSPS) is 20.2. The predicted molar refractivity (Wildman–Crippen MR) is 71.9 cm³/mol. The number of thiazole rings is 1. The zero-order valence-corrected chi connectivity index (χ0v) is 12.2. The van der Waals surface area contributed by atoms with Crippen LogP contribution in [0.2, 0.25) is 0 Å². The summed E-state index contributed by atoms with van der Waals surface area (Å²) in [4.78, 5) is 6.35. The molecular formula is C13H19F3N2OS. The van der Waals surface area contributed by atoms with E-state index in [0.717, 1.165) is 30.1 Å². The topological polar surface area (TPSA) is 36.4 Å². The molecule has 1 fully saturated rings. The Kier molecular flexibility index (Phi) is 4.71. The van der Waals surface area contributed by atoms with E-state index in [2.05, 4.69) is 4.98 Å². The first-order chi connectivity index (χ1) is 9.30. The predicted octanol–water partition coefficient (Wildman–Crippen LogP) is 2.77. The molecule has 0 atom stereocenters. The van der Waals surface area contributed by atoms with Crippen LogP contribution >= 0.6 is 11.3 Å². The summed E-state index contributed by atoms with van der Waals surface area (Å²) < 4.78 is 38.0. The van der Waals surface area contributed by atoms with Gasteiger partial charge in [0.05, 0.1) is 10.7 Å². The SMILES string of the molecule is Cc1nc(CCCN2CCC(O)(C(F)(F)F)CC2)cs1. The average Bonchev–Trinajstić information content (AvgIpc) is 2.76. The molecule has 1 saturated heterocycles. The maximum absolute atomic E-state index is 12.7. The lowest BCUT2D eigenvalue weighted by Crippen LogP contribution is -2.53. The van der Waals surface area contributed by atoms with Gasteiger partial charge >= 0.3 is 6.18 Å². The Morgan fingerprint density at radius 1 is 1.40 bits per heavy atom. The van der Waals surface area contributed by atoms with Crippen LogP contribution in [0.15, 0.2) is 5.38 Å². The second-order valence-electron chi connectivity index (χ2n) is 5.33. The monoisotopic (exact) mass is 308 g/mol. The Bertz CT molecular complexity index is 439. The summed E-state index contributed by atoms with van der Waals surface area (Å²) in [6.07, 6.45) is -3.24. The van der Waals surface area contributed by atoms with Crippen LogP contribution in [0.1, 0.15) is 30.0 Å². The first kappa shape index (κ1) is 15.7. The molecule has 2 rings (SSSR count). The highest BCUT2D eigenvalue weighted by atomic mass is 32.1. The first-order valence-electron chi connectivity index (χ1n) is 6.73. The summed E-state index contributed by atoms with van der Waals surface area (Å²) >= 11 is 1.61. The van der Waals surface area contributed by atoms with E-state index >= 15 is 0 Å². The largest absolute Gasteiger partial charge is 0.417 e. The van der Waals surface area contributed by atoms with Crippen LogP contribution in [0.3, 0.4) is 0 Å². The lowest BCUT2D eigenvalue weighted by Gasteiger charge is -2.39. The van der Waals surface area contributed by atoms with Gasteiger partial charge in [0.2, 0.25) is 0 Å². The number of aromatic nitrogens is 1. The van der Waals surface area contributed by atoms with Crippen LogP contribution < -0.4 is 0 Å². The molecule has 0 amide bonds. The standard InChI is InChI=1S/C13H19F3N2OS/c1-10-17-11(9-20-10)3-2-6-18-7-4-12(19,5-8-18)13(14,15)16/h9,19H,2-8H2,1H3. The van der Waals surface area contributed by atoms with Crippen molar-refractivity contribution in [2.75, 3.05) is 19.6 Å². The fourth-order valence-electron chi connectivity index (χ4n) is 2.44. The van der Waals surface area contributed by atoms with Gasteiger partial charge in [0.15, 0.2) is 5.60 Å². The van der Waals surface area contributed by atoms with Gasteiger partial charge in [-0.25, -0.2) is 4.98 Å². The molecule has 0 aromatic carbocycles. The molecule has 2 heterocycles. The van der Waals surface area contributed by atoms with Crippen molar-refractivity contribution in [2.24, 2.45) is 0 Å². The smallest absolute Gasteiger partial charge is 0.380 e. The van der Waals surface area contributed by atoms with Gasteiger partial charge in [0.25, 0.3) is 0 Å². The third-order valence-corrected chi connectivity index (χ3v) is 4.61. The molecule has 7 heteroatoms. The van der Waals surface area contributed by atoms with Crippen molar-refractivity contribution in [1.29, 1.82) is 0 Å². The highest BCUT2D eigenvalue weighted by molar-refractivity contribution is 7.09. The van der Waals surface area contributed by atoms with Crippen LogP contribution in [-0.4, -0.2) is 46.4 Å². The van der Waals surface area contributed by atoms with Crippen LogP contribution in [0.4, 0.5) is 13.2 Å². The summed E-state index contributed by atoms with van der Waals surface area (Å²) in [5.41, 5.74) is -1.44. The van der Waals surface area contributed by atoms with Crippen molar-refractivity contribution in [3.05, 3.63) is 16.1 Å². The average molecular weight is 308 g/mol. The molecule has 0 bridgehead atoms. The van der Waals surface area contributed by atoms with E-state index in [1.807, 2.05) is 17.2 Å². The summed E-state index contributed by atoms with van der Waals surface area (Å²) in [5, 5.41) is 12.6. The zero-order valence-electron chi connectivity index (χ0n) is 11.4. The van der Waals surface area contributed by atoms with Crippen molar-refractivity contribution in [3.63, 3.8) is 0 Å². The van der Waals surface area contributed by atoms with Gasteiger partial charge < -0.3 is 10.0 Å². The maximum atomic E-state index is 12.7. The molecule has 0 unspecified atom stereocenters. The molecular weight excluding hydrogens is 289 g/mol. The Hall–Kier alpha value is -0.660. The number of aryl methyl sites for hydroxylation is 2. The molecule has 0 aliphatic carbocycles. The summed E-state index contributed by atoms with van der Waals surface area (Å²) in [7, 11) is 0. The summed E-state index contributed by atoms with van der Waals surface area (Å²) in [6, 6.07) is 0. The molecule has 3 nitrogen and oxygen atoms in total. The number of aliphatic hydroxyl groups is 1. The number of nitrogens with zero attached hydrogens (tertiary/aromatic N) is 2. The van der Waals surface area contributed by atoms with Gasteiger partial charge in [-0.2, -0.15) is 13.2 Å². The first-order valence-corrected chi connectivity index (χ1v) is 7.61. The number of piperidine rings is 1. The minimum absolute atomic E-state index is 0.230. The highest BCUT2D eigenvalue weighted by Gasteiger charge is 2.54. The molecule has 1 N–H and O–H groups in total. The van der Waals surface area contributed by atoms with E-state index in [9.17, 15) is 18.3 Å². The van der Waals surface area contributed by atoms with E-state index in [1.54, 1.807) is 11.3 Å². The van der Waals surface area contributed by atoms with Crippen molar-refractivity contribution in [2.45, 2.75) is 44.4 Å². The van der Waals surface area contributed by atoms with Gasteiger partial charge in [-0.05, 0) is 39.2 Å². The van der Waals surface area contributed by atoms with Gasteiger partial charge in [-0.1, -0.05) is 0 Å². The summed E-state index contributed by atoms with van der Waals surface area (Å²) in [6.45, 7) is 3.31. The van der Waals surface area contributed by atoms with Gasteiger partial charge in [0, 0.05) is 18.5 Å². The van der Waals surface area contributed by atoms with E-state index < -0.39 is 11.8 Å². The van der Waals surface area contributed by atoms with Crippen LogP contribution in [-0.2, 0) is 6.42 Å². The van der Waals surface area contributed by atoms with Crippen LogP contribution in [0.25, 0.3) is 0 Å². The molecule has 0 spiro atoms. The molecule has 1 aromatic rings. The van der Waals surface area contributed by atoms with Gasteiger partial charge in [-0.3, -0.25) is 0 Å². The second kappa shape index (κ2) is 5.99. The van der Waals surface area contributed by atoms with Crippen molar-refractivity contribution in [1.82, 2.24) is 9.88 Å². The quantitative estimate of drug-likeness (QED) is 0.929.